The minimum Gasteiger partial charge on any atom is -0.478 e. The minimum absolute atomic E-state index is 0.0362. The van der Waals surface area contributed by atoms with E-state index in [4.69, 9.17) is 14.6 Å². The van der Waals surface area contributed by atoms with Gasteiger partial charge in [-0.1, -0.05) is 0 Å². The molecule has 1 saturated heterocycles. The van der Waals surface area contributed by atoms with Crippen LogP contribution >= 0.6 is 0 Å². The molecule has 0 aromatic heterocycles. The highest BCUT2D eigenvalue weighted by Crippen LogP contribution is 2.29. The van der Waals surface area contributed by atoms with Crippen molar-refractivity contribution in [3.05, 3.63) is 29.6 Å². The molecular weight excluding hydrogens is 301 g/mol. The molecule has 0 amide bonds. The monoisotopic (exact) mass is 325 g/mol. The number of benzene rings is 1. The van der Waals surface area contributed by atoms with Crippen molar-refractivity contribution in [3.8, 4) is 0 Å². The van der Waals surface area contributed by atoms with Crippen molar-refractivity contribution >= 4 is 11.7 Å². The largest absolute Gasteiger partial charge is 0.478 e. The third kappa shape index (κ3) is 4.42. The number of hydrogen-bond donors (Lipinski definition) is 1. The zero-order valence-corrected chi connectivity index (χ0v) is 13.8. The maximum atomic E-state index is 14.1. The third-order valence-corrected chi connectivity index (χ3v) is 4.10. The van der Waals surface area contributed by atoms with Crippen LogP contribution in [0.3, 0.4) is 0 Å². The van der Waals surface area contributed by atoms with Crippen LogP contribution in [0, 0.1) is 11.7 Å². The van der Waals surface area contributed by atoms with E-state index in [1.807, 2.05) is 18.7 Å². The van der Waals surface area contributed by atoms with Crippen molar-refractivity contribution < 1.29 is 23.8 Å². The molecule has 1 unspecified atom stereocenters. The molecule has 6 heteroatoms. The molecule has 1 aromatic carbocycles. The lowest BCUT2D eigenvalue weighted by Crippen LogP contribution is -2.40. The van der Waals surface area contributed by atoms with Gasteiger partial charge in [0.25, 0.3) is 0 Å². The molecule has 128 valence electrons. The van der Waals surface area contributed by atoms with E-state index in [0.29, 0.717) is 18.8 Å². The number of piperidine rings is 1. The van der Waals surface area contributed by atoms with Gasteiger partial charge in [-0.3, -0.25) is 0 Å². The summed E-state index contributed by atoms with van der Waals surface area (Å²) in [7, 11) is 1.64. The fraction of sp³-hybridized carbons (Fsp3) is 0.588. The Morgan fingerprint density at radius 3 is 2.48 bits per heavy atom. The van der Waals surface area contributed by atoms with Gasteiger partial charge >= 0.3 is 5.97 Å². The molecule has 1 fully saturated rings. The van der Waals surface area contributed by atoms with Gasteiger partial charge < -0.3 is 19.5 Å². The van der Waals surface area contributed by atoms with E-state index < -0.39 is 11.8 Å². The number of nitrogens with zero attached hydrogens (tertiary/aromatic N) is 1. The lowest BCUT2D eigenvalue weighted by atomic mass is 9.95. The van der Waals surface area contributed by atoms with Gasteiger partial charge in [0.15, 0.2) is 6.29 Å². The minimum atomic E-state index is -1.12. The second-order valence-electron chi connectivity index (χ2n) is 6.08. The van der Waals surface area contributed by atoms with Gasteiger partial charge in [0.1, 0.15) is 5.82 Å². The Morgan fingerprint density at radius 2 is 2.00 bits per heavy atom. The van der Waals surface area contributed by atoms with E-state index in [9.17, 15) is 9.18 Å². The molecule has 0 bridgehead atoms. The maximum Gasteiger partial charge on any atom is 0.335 e. The molecule has 1 N–H and O–H groups in total. The highest BCUT2D eigenvalue weighted by Gasteiger charge is 2.29. The number of carboxylic acids is 1. The lowest BCUT2D eigenvalue weighted by Gasteiger charge is -2.37. The first-order valence-corrected chi connectivity index (χ1v) is 7.88. The van der Waals surface area contributed by atoms with E-state index in [-0.39, 0.29) is 23.9 Å². The van der Waals surface area contributed by atoms with Crippen molar-refractivity contribution in [2.24, 2.45) is 5.92 Å². The van der Waals surface area contributed by atoms with Crippen molar-refractivity contribution in [2.45, 2.75) is 39.1 Å². The van der Waals surface area contributed by atoms with Crippen molar-refractivity contribution in [2.75, 3.05) is 25.1 Å². The van der Waals surface area contributed by atoms with Gasteiger partial charge in [-0.15, -0.1) is 0 Å². The normalized spacial score (nSPS) is 17.5. The molecule has 0 aliphatic carbocycles. The summed E-state index contributed by atoms with van der Waals surface area (Å²) >= 11 is 0. The number of halogens is 1. The van der Waals surface area contributed by atoms with Crippen LogP contribution in [0.1, 0.15) is 37.0 Å². The van der Waals surface area contributed by atoms with Gasteiger partial charge in [0, 0.05) is 26.1 Å². The first kappa shape index (κ1) is 17.7. The summed E-state index contributed by atoms with van der Waals surface area (Å²) in [5.74, 6) is -1.34. The van der Waals surface area contributed by atoms with Gasteiger partial charge in [0.2, 0.25) is 0 Å². The van der Waals surface area contributed by atoms with Gasteiger partial charge in [-0.05, 0) is 44.9 Å². The van der Waals surface area contributed by atoms with Crippen LogP contribution in [0.25, 0.3) is 0 Å². The molecule has 1 aromatic rings. The number of aromatic carboxylic acids is 1. The van der Waals surface area contributed by atoms with E-state index in [1.165, 1.54) is 12.1 Å². The molecule has 1 aliphatic heterocycles. The Hall–Kier alpha value is -1.66. The van der Waals surface area contributed by atoms with Crippen LogP contribution < -0.4 is 4.90 Å². The van der Waals surface area contributed by atoms with Crippen LogP contribution in [-0.2, 0) is 9.47 Å². The second kappa shape index (κ2) is 7.75. The van der Waals surface area contributed by atoms with Crippen LogP contribution in [0.2, 0.25) is 0 Å². The average Bonchev–Trinajstić information content (AvgIpc) is 2.52. The number of carbonyl (C=O) groups is 1. The molecule has 0 radical (unpaired) electrons. The summed E-state index contributed by atoms with van der Waals surface area (Å²) in [6.45, 7) is 5.33. The SMILES string of the molecule is COC(OC(C)C)C1CCN(c2ccc(C(=O)O)cc2F)CC1. The Morgan fingerprint density at radius 1 is 1.35 bits per heavy atom. The van der Waals surface area contributed by atoms with E-state index >= 15 is 0 Å². The summed E-state index contributed by atoms with van der Waals surface area (Å²) in [6.07, 6.45) is 1.53. The van der Waals surface area contributed by atoms with Gasteiger partial charge in [-0.25, -0.2) is 9.18 Å². The molecule has 1 atom stereocenters. The van der Waals surface area contributed by atoms with Crippen molar-refractivity contribution in [1.82, 2.24) is 0 Å². The number of carboxylic acid groups (broad SMARTS) is 1. The van der Waals surface area contributed by atoms with Gasteiger partial charge in [-0.2, -0.15) is 0 Å². The summed E-state index contributed by atoms with van der Waals surface area (Å²) in [5, 5.41) is 8.90. The Bertz CT molecular complexity index is 541. The first-order valence-electron chi connectivity index (χ1n) is 7.88. The molecule has 0 saturated carbocycles. The summed E-state index contributed by atoms with van der Waals surface area (Å²) in [5.41, 5.74) is 0.415. The standard InChI is InChI=1S/C17H24FNO4/c1-11(2)23-17(22-3)12-6-8-19(9-7-12)15-5-4-13(16(20)21)10-14(15)18/h4-5,10-12,17H,6-9H2,1-3H3,(H,20,21). The van der Waals surface area contributed by atoms with E-state index in [2.05, 4.69) is 0 Å². The quantitative estimate of drug-likeness (QED) is 0.814. The topological polar surface area (TPSA) is 59.0 Å². The maximum absolute atomic E-state index is 14.1. The molecule has 5 nitrogen and oxygen atoms in total. The molecule has 1 heterocycles. The van der Waals surface area contributed by atoms with Gasteiger partial charge in [0.05, 0.1) is 17.4 Å². The number of ether oxygens (including phenoxy) is 2. The van der Waals surface area contributed by atoms with Crippen LogP contribution in [-0.4, -0.2) is 43.7 Å². The Kier molecular flexibility index (Phi) is 5.96. The zero-order chi connectivity index (χ0) is 17.0. The molecule has 2 rings (SSSR count). The van der Waals surface area contributed by atoms with Crippen molar-refractivity contribution in [3.63, 3.8) is 0 Å². The average molecular weight is 325 g/mol. The molecule has 1 aliphatic rings. The van der Waals surface area contributed by atoms with Crippen LogP contribution in [0.5, 0.6) is 0 Å². The summed E-state index contributed by atoms with van der Waals surface area (Å²) < 4.78 is 25.3. The van der Waals surface area contributed by atoms with Crippen molar-refractivity contribution in [1.29, 1.82) is 0 Å². The van der Waals surface area contributed by atoms with E-state index in [1.54, 1.807) is 7.11 Å². The van der Waals surface area contributed by atoms with Crippen LogP contribution in [0.15, 0.2) is 18.2 Å². The first-order chi connectivity index (χ1) is 10.9. The zero-order valence-electron chi connectivity index (χ0n) is 13.8. The highest BCUT2D eigenvalue weighted by atomic mass is 19.1. The third-order valence-electron chi connectivity index (χ3n) is 4.10. The summed E-state index contributed by atoms with van der Waals surface area (Å²) in [4.78, 5) is 12.8. The lowest BCUT2D eigenvalue weighted by molar-refractivity contribution is -0.179. The molecule has 23 heavy (non-hydrogen) atoms. The fourth-order valence-corrected chi connectivity index (χ4v) is 2.94. The Labute approximate surface area is 136 Å². The molecule has 0 spiro atoms. The van der Waals surface area contributed by atoms with E-state index in [0.717, 1.165) is 18.9 Å². The molecular formula is C17H24FNO4. The Balaban J connectivity index is 2.00. The highest BCUT2D eigenvalue weighted by molar-refractivity contribution is 5.88. The van der Waals surface area contributed by atoms with Crippen LogP contribution in [0.4, 0.5) is 10.1 Å². The number of anilines is 1. The number of hydrogen-bond acceptors (Lipinski definition) is 4. The number of rotatable bonds is 6. The summed E-state index contributed by atoms with van der Waals surface area (Å²) in [6, 6.07) is 4.05. The predicted molar refractivity (Wildman–Crippen MR) is 85.3 cm³/mol. The smallest absolute Gasteiger partial charge is 0.335 e. The predicted octanol–water partition coefficient (Wildman–Crippen LogP) is 3.14. The number of methoxy groups -OCH3 is 1. The second-order valence-corrected chi connectivity index (χ2v) is 6.08. The fourth-order valence-electron chi connectivity index (χ4n) is 2.94.